The summed E-state index contributed by atoms with van der Waals surface area (Å²) in [5.74, 6) is 0.831. The van der Waals surface area contributed by atoms with Crippen LogP contribution in [-0.2, 0) is 0 Å². The third kappa shape index (κ3) is 7.17. The van der Waals surface area contributed by atoms with Crippen molar-refractivity contribution >= 4 is 0 Å². The molecule has 0 saturated heterocycles. The monoisotopic (exact) mass is 226 g/mol. The van der Waals surface area contributed by atoms with Gasteiger partial charge < -0.3 is 21.7 Å². The average molecular weight is 226 g/mol. The molecular weight excluding hydrogens is 200 g/mol. The number of allylic oxidation sites excluding steroid dienone is 3. The largest absolute Gasteiger partial charge is 0.403 e. The predicted octanol–water partition coefficient (Wildman–Crippen LogP) is 0.971. The zero-order valence-corrected chi connectivity index (χ0v) is 10.8. The Labute approximate surface area is 99.4 Å². The van der Waals surface area contributed by atoms with Gasteiger partial charge in [-0.1, -0.05) is 13.0 Å². The van der Waals surface area contributed by atoms with Crippen LogP contribution in [-0.4, -0.2) is 31.1 Å². The van der Waals surface area contributed by atoms with Gasteiger partial charge >= 0.3 is 0 Å². The van der Waals surface area contributed by atoms with E-state index in [1.165, 1.54) is 0 Å². The van der Waals surface area contributed by atoms with Crippen LogP contribution in [0, 0.1) is 0 Å². The normalized spacial score (nSPS) is 12.9. The lowest BCUT2D eigenvalue weighted by molar-refractivity contribution is 0.354. The first-order valence-corrected chi connectivity index (χ1v) is 5.95. The number of likely N-dealkylation sites (N-methyl/N-ethyl adjacent to an activating group) is 2. The highest BCUT2D eigenvalue weighted by Gasteiger charge is 2.01. The lowest BCUT2D eigenvalue weighted by Gasteiger charge is -2.23. The molecule has 0 fully saturated rings. The topological polar surface area (TPSA) is 67.3 Å². The van der Waals surface area contributed by atoms with Crippen molar-refractivity contribution in [1.82, 2.24) is 10.2 Å². The molecule has 0 radical (unpaired) electrons. The molecule has 0 unspecified atom stereocenters. The first kappa shape index (κ1) is 14.8. The van der Waals surface area contributed by atoms with Crippen LogP contribution in [0.4, 0.5) is 0 Å². The first-order valence-electron chi connectivity index (χ1n) is 5.95. The maximum atomic E-state index is 5.99. The fraction of sp³-hybridized carbons (Fsp3) is 0.667. The smallest absolute Gasteiger partial charge is 0.0948 e. The van der Waals surface area contributed by atoms with Gasteiger partial charge in [-0.15, -0.1) is 0 Å². The van der Waals surface area contributed by atoms with Gasteiger partial charge in [0.05, 0.1) is 5.82 Å². The summed E-state index contributed by atoms with van der Waals surface area (Å²) in [6.07, 6.45) is 4.77. The van der Waals surface area contributed by atoms with Gasteiger partial charge in [0, 0.05) is 25.3 Å². The van der Waals surface area contributed by atoms with E-state index in [0.717, 1.165) is 44.1 Å². The molecule has 0 aromatic heterocycles. The lowest BCUT2D eigenvalue weighted by atomic mass is 10.3. The van der Waals surface area contributed by atoms with E-state index in [2.05, 4.69) is 24.1 Å². The summed E-state index contributed by atoms with van der Waals surface area (Å²) in [4.78, 5) is 2.16. The Balaban J connectivity index is 4.07. The zero-order valence-electron chi connectivity index (χ0n) is 10.8. The minimum atomic E-state index is 0.797. The van der Waals surface area contributed by atoms with E-state index in [4.69, 9.17) is 11.5 Å². The van der Waals surface area contributed by atoms with Crippen LogP contribution >= 0.6 is 0 Å². The van der Waals surface area contributed by atoms with E-state index in [1.54, 1.807) is 0 Å². The van der Waals surface area contributed by atoms with Crippen molar-refractivity contribution < 1.29 is 0 Å². The zero-order chi connectivity index (χ0) is 12.4. The highest BCUT2D eigenvalue weighted by Crippen LogP contribution is 1.99. The molecule has 0 rings (SSSR count). The Morgan fingerprint density at radius 1 is 1.25 bits per heavy atom. The fourth-order valence-electron chi connectivity index (χ4n) is 1.36. The SMILES string of the molecule is CCNCCN(CC)/C(N)=C/C/C=C(/C)N. The van der Waals surface area contributed by atoms with Crippen molar-refractivity contribution in [3.05, 3.63) is 23.7 Å². The Morgan fingerprint density at radius 2 is 1.94 bits per heavy atom. The molecule has 0 bridgehead atoms. The molecule has 0 aliphatic heterocycles. The van der Waals surface area contributed by atoms with Gasteiger partial charge in [-0.25, -0.2) is 0 Å². The average Bonchev–Trinajstić information content (AvgIpc) is 2.23. The van der Waals surface area contributed by atoms with E-state index < -0.39 is 0 Å². The standard InChI is InChI=1S/C12H26N4/c1-4-15-9-10-16(5-2)12(14)8-6-7-11(3)13/h7-8,15H,4-6,9-10,13-14H2,1-3H3/b11-7-,12-8+. The van der Waals surface area contributed by atoms with Gasteiger partial charge in [0.15, 0.2) is 0 Å². The van der Waals surface area contributed by atoms with Crippen LogP contribution in [0.3, 0.4) is 0 Å². The van der Waals surface area contributed by atoms with Crippen molar-refractivity contribution in [2.75, 3.05) is 26.2 Å². The summed E-state index contributed by atoms with van der Waals surface area (Å²) in [5.41, 5.74) is 12.4. The Morgan fingerprint density at radius 3 is 2.44 bits per heavy atom. The van der Waals surface area contributed by atoms with E-state index in [-0.39, 0.29) is 0 Å². The summed E-state index contributed by atoms with van der Waals surface area (Å²) in [5, 5.41) is 3.29. The van der Waals surface area contributed by atoms with Gasteiger partial charge in [0.25, 0.3) is 0 Å². The second kappa shape index (κ2) is 9.09. The molecule has 0 aliphatic carbocycles. The van der Waals surface area contributed by atoms with Gasteiger partial charge in [0.1, 0.15) is 0 Å². The van der Waals surface area contributed by atoms with Crippen LogP contribution in [0.2, 0.25) is 0 Å². The maximum Gasteiger partial charge on any atom is 0.0948 e. The highest BCUT2D eigenvalue weighted by atomic mass is 15.2. The molecule has 5 N–H and O–H groups in total. The van der Waals surface area contributed by atoms with Crippen molar-refractivity contribution in [3.8, 4) is 0 Å². The van der Waals surface area contributed by atoms with Crippen molar-refractivity contribution in [2.45, 2.75) is 27.2 Å². The van der Waals surface area contributed by atoms with Gasteiger partial charge in [-0.05, 0) is 32.9 Å². The maximum absolute atomic E-state index is 5.99. The van der Waals surface area contributed by atoms with Crippen molar-refractivity contribution in [2.24, 2.45) is 11.5 Å². The molecule has 0 heterocycles. The summed E-state index contributed by atoms with van der Waals surface area (Å²) in [6, 6.07) is 0. The highest BCUT2D eigenvalue weighted by molar-refractivity contribution is 5.03. The van der Waals surface area contributed by atoms with Crippen LogP contribution < -0.4 is 16.8 Å². The minimum absolute atomic E-state index is 0.797. The third-order valence-electron chi connectivity index (χ3n) is 2.32. The van der Waals surface area contributed by atoms with Crippen molar-refractivity contribution in [1.29, 1.82) is 0 Å². The molecule has 4 heteroatoms. The molecule has 16 heavy (non-hydrogen) atoms. The summed E-state index contributed by atoms with van der Waals surface area (Å²) < 4.78 is 0. The number of nitrogens with one attached hydrogen (secondary N) is 1. The lowest BCUT2D eigenvalue weighted by Crippen LogP contribution is -2.34. The van der Waals surface area contributed by atoms with Gasteiger partial charge in [-0.2, -0.15) is 0 Å². The summed E-state index contributed by atoms with van der Waals surface area (Å²) in [6.45, 7) is 9.92. The molecule has 0 saturated carbocycles. The third-order valence-corrected chi connectivity index (χ3v) is 2.32. The van der Waals surface area contributed by atoms with E-state index in [0.29, 0.717) is 0 Å². The van der Waals surface area contributed by atoms with Gasteiger partial charge in [0.2, 0.25) is 0 Å². The first-order chi connectivity index (χ1) is 7.61. The molecule has 0 aromatic rings. The Bertz CT molecular complexity index is 229. The molecule has 4 nitrogen and oxygen atoms in total. The Hall–Kier alpha value is -1.16. The quantitative estimate of drug-likeness (QED) is 0.540. The van der Waals surface area contributed by atoms with Crippen LogP contribution in [0.1, 0.15) is 27.2 Å². The Kier molecular flexibility index (Phi) is 8.43. The molecule has 0 amide bonds. The number of rotatable bonds is 8. The predicted molar refractivity (Wildman–Crippen MR) is 70.6 cm³/mol. The van der Waals surface area contributed by atoms with E-state index in [1.807, 2.05) is 19.1 Å². The van der Waals surface area contributed by atoms with Crippen LogP contribution in [0.5, 0.6) is 0 Å². The summed E-state index contributed by atoms with van der Waals surface area (Å²) >= 11 is 0. The van der Waals surface area contributed by atoms with Crippen LogP contribution in [0.25, 0.3) is 0 Å². The second-order valence-corrected chi connectivity index (χ2v) is 3.75. The van der Waals surface area contributed by atoms with E-state index >= 15 is 0 Å². The number of nitrogens with two attached hydrogens (primary N) is 2. The van der Waals surface area contributed by atoms with Crippen LogP contribution in [0.15, 0.2) is 23.7 Å². The van der Waals surface area contributed by atoms with Crippen molar-refractivity contribution in [3.63, 3.8) is 0 Å². The van der Waals surface area contributed by atoms with Gasteiger partial charge in [-0.3, -0.25) is 0 Å². The summed E-state index contributed by atoms with van der Waals surface area (Å²) in [7, 11) is 0. The number of hydrogen-bond donors (Lipinski definition) is 3. The fourth-order valence-corrected chi connectivity index (χ4v) is 1.36. The number of nitrogens with zero attached hydrogens (tertiary/aromatic N) is 1. The molecule has 0 aromatic carbocycles. The molecule has 94 valence electrons. The number of hydrogen-bond acceptors (Lipinski definition) is 4. The molecule has 0 atom stereocenters. The minimum Gasteiger partial charge on any atom is -0.403 e. The van der Waals surface area contributed by atoms with E-state index in [9.17, 15) is 0 Å². The molecule has 0 spiro atoms. The second-order valence-electron chi connectivity index (χ2n) is 3.75. The molecule has 0 aliphatic rings. The molecular formula is C12H26N4.